The van der Waals surface area contributed by atoms with Crippen molar-refractivity contribution < 1.29 is 4.74 Å². The van der Waals surface area contributed by atoms with E-state index in [2.05, 4.69) is 150 Å². The summed E-state index contributed by atoms with van der Waals surface area (Å²) < 4.78 is 8.92. The molecule has 0 amide bonds. The number of nitrogens with zero attached hydrogens (tertiary/aromatic N) is 1. The van der Waals surface area contributed by atoms with Crippen LogP contribution in [0.2, 0.25) is 0 Å². The van der Waals surface area contributed by atoms with E-state index in [1.165, 1.54) is 76.5 Å². The molecule has 8 aromatic carbocycles. The molecule has 10 rings (SSSR count). The van der Waals surface area contributed by atoms with E-state index in [0.29, 0.717) is 0 Å². The summed E-state index contributed by atoms with van der Waals surface area (Å²) in [6, 6.07) is 54.8. The zero-order valence-electron chi connectivity index (χ0n) is 23.8. The Kier molecular flexibility index (Phi) is 4.75. The van der Waals surface area contributed by atoms with Crippen molar-refractivity contribution in [3.63, 3.8) is 0 Å². The molecule has 0 saturated heterocycles. The Bertz CT molecular complexity index is 2630. The van der Waals surface area contributed by atoms with Gasteiger partial charge in [-0.1, -0.05) is 121 Å². The van der Waals surface area contributed by atoms with Gasteiger partial charge in [0.15, 0.2) is 0 Å². The van der Waals surface area contributed by atoms with Gasteiger partial charge in [0.1, 0.15) is 11.5 Å². The SMILES string of the molecule is c1ccc(-n2c3c4ccccc4ccc3c3cc(-c4ccc5c6c(cccc46)-c4ccccc4O5)c4ccccc4c32)cc1. The predicted molar refractivity (Wildman–Crippen MR) is 184 cm³/mol. The molecule has 0 atom stereocenters. The molecule has 0 spiro atoms. The number of hydrogen-bond donors (Lipinski definition) is 0. The number of ether oxygens (including phenoxy) is 1. The number of fused-ring (bicyclic) bond motifs is 9. The van der Waals surface area contributed by atoms with Crippen LogP contribution >= 0.6 is 0 Å². The highest BCUT2D eigenvalue weighted by Gasteiger charge is 2.24. The van der Waals surface area contributed by atoms with Gasteiger partial charge in [0.2, 0.25) is 0 Å². The lowest BCUT2D eigenvalue weighted by atomic mass is 9.88. The van der Waals surface area contributed by atoms with E-state index in [9.17, 15) is 0 Å². The van der Waals surface area contributed by atoms with Crippen molar-refractivity contribution in [2.24, 2.45) is 0 Å². The van der Waals surface area contributed by atoms with E-state index < -0.39 is 0 Å². The Labute approximate surface area is 254 Å². The van der Waals surface area contributed by atoms with Crippen LogP contribution in [0.1, 0.15) is 0 Å². The molecule has 0 radical (unpaired) electrons. The molecule has 44 heavy (non-hydrogen) atoms. The van der Waals surface area contributed by atoms with Crippen LogP contribution in [0.15, 0.2) is 152 Å². The Hall–Kier alpha value is -5.86. The van der Waals surface area contributed by atoms with Crippen LogP contribution in [0.4, 0.5) is 0 Å². The Morgan fingerprint density at radius 3 is 1.95 bits per heavy atom. The van der Waals surface area contributed by atoms with E-state index in [-0.39, 0.29) is 0 Å². The smallest absolute Gasteiger partial charge is 0.135 e. The molecule has 0 N–H and O–H groups in total. The first-order valence-electron chi connectivity index (χ1n) is 15.1. The molecule has 0 aliphatic carbocycles. The van der Waals surface area contributed by atoms with E-state index in [0.717, 1.165) is 17.1 Å². The van der Waals surface area contributed by atoms with Gasteiger partial charge in [0, 0.05) is 38.2 Å². The second-order valence-corrected chi connectivity index (χ2v) is 11.7. The van der Waals surface area contributed by atoms with Crippen molar-refractivity contribution in [2.75, 3.05) is 0 Å². The Balaban J connectivity index is 1.37. The van der Waals surface area contributed by atoms with Crippen molar-refractivity contribution in [3.8, 4) is 39.4 Å². The summed E-state index contributed by atoms with van der Waals surface area (Å²) in [5, 5.41) is 9.87. The summed E-state index contributed by atoms with van der Waals surface area (Å²) in [5.74, 6) is 1.82. The molecule has 0 unspecified atom stereocenters. The van der Waals surface area contributed by atoms with Crippen LogP contribution < -0.4 is 4.74 Å². The molecule has 204 valence electrons. The lowest BCUT2D eigenvalue weighted by Crippen LogP contribution is -1.98. The quantitative estimate of drug-likeness (QED) is 0.205. The van der Waals surface area contributed by atoms with Gasteiger partial charge in [-0.2, -0.15) is 0 Å². The number of para-hydroxylation sites is 2. The normalized spacial score (nSPS) is 12.3. The summed E-state index contributed by atoms with van der Waals surface area (Å²) in [4.78, 5) is 0. The van der Waals surface area contributed by atoms with Gasteiger partial charge < -0.3 is 9.30 Å². The summed E-state index contributed by atoms with van der Waals surface area (Å²) in [5.41, 5.74) is 8.46. The van der Waals surface area contributed by atoms with E-state index in [1.807, 2.05) is 6.07 Å². The van der Waals surface area contributed by atoms with Crippen LogP contribution in [0.25, 0.3) is 82.1 Å². The van der Waals surface area contributed by atoms with Crippen LogP contribution in [0.5, 0.6) is 11.5 Å². The van der Waals surface area contributed by atoms with Crippen LogP contribution in [-0.2, 0) is 0 Å². The Morgan fingerprint density at radius 1 is 0.364 bits per heavy atom. The Morgan fingerprint density at radius 2 is 1.05 bits per heavy atom. The highest BCUT2D eigenvalue weighted by molar-refractivity contribution is 6.27. The standard InChI is InChI=1S/C42H25NO/c1-2-12-27(13-3-1)43-41-28-14-5-4-11-26(28)21-22-35(41)37-25-36(29-15-6-7-17-34(29)42(37)43)30-23-24-39-40-32(30)18-10-19-33(40)31-16-8-9-20-38(31)44-39/h1-25H. The topological polar surface area (TPSA) is 14.2 Å². The monoisotopic (exact) mass is 559 g/mol. The third kappa shape index (κ3) is 3.14. The average Bonchev–Trinajstić information content (AvgIpc) is 3.44. The summed E-state index contributed by atoms with van der Waals surface area (Å²) in [7, 11) is 0. The second-order valence-electron chi connectivity index (χ2n) is 11.7. The largest absolute Gasteiger partial charge is 0.456 e. The first-order chi connectivity index (χ1) is 21.8. The van der Waals surface area contributed by atoms with Crippen molar-refractivity contribution in [2.45, 2.75) is 0 Å². The first kappa shape index (κ1) is 23.7. The molecule has 1 aliphatic rings. The van der Waals surface area contributed by atoms with Gasteiger partial charge in [0.25, 0.3) is 0 Å². The minimum atomic E-state index is 0.910. The maximum absolute atomic E-state index is 6.45. The fourth-order valence-corrected chi connectivity index (χ4v) is 7.50. The maximum Gasteiger partial charge on any atom is 0.135 e. The van der Waals surface area contributed by atoms with E-state index >= 15 is 0 Å². The summed E-state index contributed by atoms with van der Waals surface area (Å²) >= 11 is 0. The summed E-state index contributed by atoms with van der Waals surface area (Å²) in [6.45, 7) is 0. The number of hydrogen-bond acceptors (Lipinski definition) is 1. The number of rotatable bonds is 2. The fraction of sp³-hybridized carbons (Fsp3) is 0. The zero-order chi connectivity index (χ0) is 28.8. The number of benzene rings is 8. The van der Waals surface area contributed by atoms with Crippen molar-refractivity contribution >= 4 is 54.1 Å². The van der Waals surface area contributed by atoms with Gasteiger partial charge >= 0.3 is 0 Å². The summed E-state index contributed by atoms with van der Waals surface area (Å²) in [6.07, 6.45) is 0. The number of aromatic nitrogens is 1. The highest BCUT2D eigenvalue weighted by atomic mass is 16.5. The molecular weight excluding hydrogens is 534 g/mol. The minimum absolute atomic E-state index is 0.910. The van der Waals surface area contributed by atoms with E-state index in [1.54, 1.807) is 0 Å². The lowest BCUT2D eigenvalue weighted by molar-refractivity contribution is 0.487. The predicted octanol–water partition coefficient (Wildman–Crippen LogP) is 11.7. The molecule has 1 aromatic heterocycles. The van der Waals surface area contributed by atoms with Crippen molar-refractivity contribution in [3.05, 3.63) is 152 Å². The molecule has 2 heteroatoms. The van der Waals surface area contributed by atoms with Crippen molar-refractivity contribution in [1.29, 1.82) is 0 Å². The average molecular weight is 560 g/mol. The first-order valence-corrected chi connectivity index (χ1v) is 15.1. The van der Waals surface area contributed by atoms with Gasteiger partial charge in [-0.3, -0.25) is 0 Å². The molecule has 0 saturated carbocycles. The lowest BCUT2D eigenvalue weighted by Gasteiger charge is -2.23. The minimum Gasteiger partial charge on any atom is -0.456 e. The van der Waals surface area contributed by atoms with Crippen molar-refractivity contribution in [1.82, 2.24) is 4.57 Å². The molecule has 2 heterocycles. The molecular formula is C42H25NO. The van der Waals surface area contributed by atoms with Gasteiger partial charge in [-0.05, 0) is 63.2 Å². The van der Waals surface area contributed by atoms with Gasteiger partial charge in [0.05, 0.1) is 11.0 Å². The fourth-order valence-electron chi connectivity index (χ4n) is 7.50. The van der Waals surface area contributed by atoms with E-state index in [4.69, 9.17) is 4.74 Å². The maximum atomic E-state index is 6.45. The molecule has 1 aliphatic heterocycles. The second kappa shape index (κ2) is 8.82. The molecule has 0 bridgehead atoms. The molecule has 2 nitrogen and oxygen atoms in total. The molecule has 0 fully saturated rings. The van der Waals surface area contributed by atoms with Crippen LogP contribution in [0, 0.1) is 0 Å². The molecule has 9 aromatic rings. The van der Waals surface area contributed by atoms with Gasteiger partial charge in [-0.25, -0.2) is 0 Å². The third-order valence-corrected chi connectivity index (χ3v) is 9.36. The van der Waals surface area contributed by atoms with Crippen LogP contribution in [-0.4, -0.2) is 4.57 Å². The highest BCUT2D eigenvalue weighted by Crippen LogP contribution is 2.50. The zero-order valence-corrected chi connectivity index (χ0v) is 23.8. The van der Waals surface area contributed by atoms with Gasteiger partial charge in [-0.15, -0.1) is 0 Å². The van der Waals surface area contributed by atoms with Crippen LogP contribution in [0.3, 0.4) is 0 Å². The third-order valence-electron chi connectivity index (χ3n) is 9.36.